The Morgan fingerprint density at radius 3 is 1.83 bits per heavy atom. The molecule has 4 unspecified atom stereocenters. The van der Waals surface area contributed by atoms with E-state index in [1.807, 2.05) is 90.1 Å². The van der Waals surface area contributed by atoms with Crippen LogP contribution in [0, 0.1) is 19.8 Å². The van der Waals surface area contributed by atoms with E-state index < -0.39 is 59.2 Å². The van der Waals surface area contributed by atoms with Gasteiger partial charge in [0.05, 0.1) is 0 Å². The third-order valence-corrected chi connectivity index (χ3v) is 7.34. The van der Waals surface area contributed by atoms with Crippen LogP contribution in [0.3, 0.4) is 0 Å². The lowest BCUT2D eigenvalue weighted by molar-refractivity contribution is -0.159. The number of esters is 1. The zero-order valence-electron chi connectivity index (χ0n) is 29.8. The lowest BCUT2D eigenvalue weighted by atomic mass is 9.93. The summed E-state index contributed by atoms with van der Waals surface area (Å²) in [6.07, 6.45) is 0.0815. The van der Waals surface area contributed by atoms with E-state index in [9.17, 15) is 19.2 Å². The number of carbonyl (C=O) groups excluding carboxylic acids is 4. The minimum atomic E-state index is -1.11. The lowest BCUT2D eigenvalue weighted by Crippen LogP contribution is -2.58. The molecule has 0 saturated carbocycles. The van der Waals surface area contributed by atoms with Gasteiger partial charge in [-0.05, 0) is 86.3 Å². The summed E-state index contributed by atoms with van der Waals surface area (Å²) in [6, 6.07) is 11.6. The Morgan fingerprint density at radius 1 is 0.804 bits per heavy atom. The molecule has 9 nitrogen and oxygen atoms in total. The molecule has 0 aliphatic carbocycles. The Morgan fingerprint density at radius 2 is 1.35 bits per heavy atom. The van der Waals surface area contributed by atoms with E-state index in [-0.39, 0.29) is 12.3 Å². The Balaban J connectivity index is 2.66. The maximum absolute atomic E-state index is 14.6. The van der Waals surface area contributed by atoms with E-state index in [1.54, 1.807) is 41.5 Å². The molecule has 0 bridgehead atoms. The third kappa shape index (κ3) is 11.8. The van der Waals surface area contributed by atoms with Crippen molar-refractivity contribution in [2.24, 2.45) is 5.92 Å². The van der Waals surface area contributed by atoms with E-state index in [4.69, 9.17) is 9.47 Å². The normalized spacial score (nSPS) is 14.5. The first-order valence-corrected chi connectivity index (χ1v) is 16.2. The predicted octanol–water partition coefficient (Wildman–Crippen LogP) is 6.59. The molecule has 0 spiro atoms. The summed E-state index contributed by atoms with van der Waals surface area (Å²) in [5.41, 5.74) is 1.74. The van der Waals surface area contributed by atoms with E-state index in [0.717, 1.165) is 16.7 Å². The molecular weight excluding hydrogens is 582 g/mol. The SMILES string of the molecule is CCC(C)C(NC(=O)OC(C)(C)C)C(=O)N(C(C)C)C(C(=O)NC(Cc1ccccc1)C(=O)OC(C)(C)C)c1cc(C)cc(C)c1. The quantitative estimate of drug-likeness (QED) is 0.254. The average Bonchev–Trinajstić information content (AvgIpc) is 2.91. The van der Waals surface area contributed by atoms with Crippen LogP contribution in [0.15, 0.2) is 48.5 Å². The van der Waals surface area contributed by atoms with Crippen LogP contribution in [-0.2, 0) is 30.3 Å². The van der Waals surface area contributed by atoms with Gasteiger partial charge in [-0.3, -0.25) is 9.59 Å². The second-order valence-corrected chi connectivity index (χ2v) is 14.5. The van der Waals surface area contributed by atoms with Gasteiger partial charge >= 0.3 is 12.1 Å². The Bertz CT molecular complexity index is 1320. The van der Waals surface area contributed by atoms with Crippen LogP contribution in [-0.4, -0.2) is 58.1 Å². The molecule has 254 valence electrons. The summed E-state index contributed by atoms with van der Waals surface area (Å²) in [6.45, 7) is 21.9. The fraction of sp³-hybridized carbons (Fsp3) is 0.568. The number of ether oxygens (including phenoxy) is 2. The number of nitrogens with one attached hydrogen (secondary N) is 2. The topological polar surface area (TPSA) is 114 Å². The average molecular weight is 638 g/mol. The molecule has 0 heterocycles. The number of hydrogen-bond acceptors (Lipinski definition) is 6. The van der Waals surface area contributed by atoms with Gasteiger partial charge in [0.15, 0.2) is 0 Å². The molecule has 0 aliphatic rings. The van der Waals surface area contributed by atoms with Crippen LogP contribution in [0.25, 0.3) is 0 Å². The number of nitrogens with zero attached hydrogens (tertiary/aromatic N) is 1. The van der Waals surface area contributed by atoms with Gasteiger partial charge in [-0.2, -0.15) is 0 Å². The van der Waals surface area contributed by atoms with Crippen LogP contribution in [0.1, 0.15) is 104 Å². The number of benzene rings is 2. The maximum Gasteiger partial charge on any atom is 0.408 e. The van der Waals surface area contributed by atoms with Gasteiger partial charge < -0.3 is 25.0 Å². The van der Waals surface area contributed by atoms with Crippen LogP contribution >= 0.6 is 0 Å². The van der Waals surface area contributed by atoms with Crippen molar-refractivity contribution in [3.8, 4) is 0 Å². The fourth-order valence-corrected chi connectivity index (χ4v) is 5.23. The second kappa shape index (κ2) is 16.1. The van der Waals surface area contributed by atoms with Gasteiger partial charge in [0.1, 0.15) is 29.3 Å². The van der Waals surface area contributed by atoms with Crippen molar-refractivity contribution in [2.75, 3.05) is 0 Å². The van der Waals surface area contributed by atoms with Gasteiger partial charge in [0, 0.05) is 12.5 Å². The Labute approximate surface area is 275 Å². The van der Waals surface area contributed by atoms with E-state index in [2.05, 4.69) is 10.6 Å². The van der Waals surface area contributed by atoms with Crippen molar-refractivity contribution in [3.05, 3.63) is 70.8 Å². The van der Waals surface area contributed by atoms with Crippen molar-refractivity contribution in [1.82, 2.24) is 15.5 Å². The van der Waals surface area contributed by atoms with Crippen molar-refractivity contribution < 1.29 is 28.7 Å². The Kier molecular flexibility index (Phi) is 13.4. The van der Waals surface area contributed by atoms with E-state index in [1.165, 1.54) is 4.90 Å². The molecule has 2 aromatic rings. The maximum atomic E-state index is 14.6. The molecule has 0 aliphatic heterocycles. The van der Waals surface area contributed by atoms with Crippen molar-refractivity contribution in [1.29, 1.82) is 0 Å². The predicted molar refractivity (Wildman–Crippen MR) is 181 cm³/mol. The number of aryl methyl sites for hydroxylation is 2. The number of alkyl carbamates (subject to hydrolysis) is 1. The molecule has 4 atom stereocenters. The first kappa shape index (κ1) is 38.3. The van der Waals surface area contributed by atoms with Gasteiger partial charge in [-0.1, -0.05) is 79.9 Å². The summed E-state index contributed by atoms with van der Waals surface area (Å²) >= 11 is 0. The molecule has 3 amide bonds. The fourth-order valence-electron chi connectivity index (χ4n) is 5.23. The van der Waals surface area contributed by atoms with Crippen LogP contribution in [0.4, 0.5) is 4.79 Å². The van der Waals surface area contributed by atoms with Gasteiger partial charge in [-0.25, -0.2) is 9.59 Å². The van der Waals surface area contributed by atoms with Gasteiger partial charge in [-0.15, -0.1) is 0 Å². The van der Waals surface area contributed by atoms with Crippen LogP contribution in [0.5, 0.6) is 0 Å². The number of carbonyl (C=O) groups is 4. The van der Waals surface area contributed by atoms with Crippen molar-refractivity contribution in [2.45, 2.75) is 131 Å². The highest BCUT2D eigenvalue weighted by atomic mass is 16.6. The summed E-state index contributed by atoms with van der Waals surface area (Å²) < 4.78 is 11.2. The van der Waals surface area contributed by atoms with E-state index >= 15 is 0 Å². The molecule has 0 saturated heterocycles. The third-order valence-electron chi connectivity index (χ3n) is 7.34. The van der Waals surface area contributed by atoms with E-state index in [0.29, 0.717) is 12.0 Å². The van der Waals surface area contributed by atoms with Crippen molar-refractivity contribution >= 4 is 23.9 Å². The minimum Gasteiger partial charge on any atom is -0.458 e. The number of amides is 3. The molecule has 9 heteroatoms. The minimum absolute atomic E-state index is 0.201. The zero-order chi connectivity index (χ0) is 35.0. The zero-order valence-corrected chi connectivity index (χ0v) is 29.8. The lowest BCUT2D eigenvalue weighted by Gasteiger charge is -2.39. The number of hydrogen-bond donors (Lipinski definition) is 2. The van der Waals surface area contributed by atoms with Crippen molar-refractivity contribution in [3.63, 3.8) is 0 Å². The molecule has 0 radical (unpaired) electrons. The molecule has 0 aromatic heterocycles. The first-order chi connectivity index (χ1) is 21.2. The van der Waals surface area contributed by atoms with Gasteiger partial charge in [0.25, 0.3) is 0 Å². The molecule has 2 N–H and O–H groups in total. The highest BCUT2D eigenvalue weighted by molar-refractivity contribution is 5.94. The standard InChI is InChI=1S/C37H55N3O6/c1-13-26(6)30(39-35(44)46-37(10,11)12)33(42)40(23(2)3)31(28-20-24(4)19-25(5)21-28)32(41)38-29(34(43)45-36(7,8)9)22-27-17-15-14-16-18-27/h14-21,23,26,29-31H,13,22H2,1-12H3,(H,38,41)(H,39,44). The summed E-state index contributed by atoms with van der Waals surface area (Å²) in [5, 5.41) is 5.74. The summed E-state index contributed by atoms with van der Waals surface area (Å²) in [5.74, 6) is -1.79. The van der Waals surface area contributed by atoms with Crippen LogP contribution in [0.2, 0.25) is 0 Å². The molecule has 2 aromatic carbocycles. The molecule has 46 heavy (non-hydrogen) atoms. The Hall–Kier alpha value is -3.88. The summed E-state index contributed by atoms with van der Waals surface area (Å²) in [7, 11) is 0. The largest absolute Gasteiger partial charge is 0.458 e. The van der Waals surface area contributed by atoms with Gasteiger partial charge in [0.2, 0.25) is 11.8 Å². The smallest absolute Gasteiger partial charge is 0.408 e. The molecular formula is C37H55N3O6. The first-order valence-electron chi connectivity index (χ1n) is 16.2. The monoisotopic (exact) mass is 637 g/mol. The highest BCUT2D eigenvalue weighted by Gasteiger charge is 2.41. The van der Waals surface area contributed by atoms with Crippen LogP contribution < -0.4 is 10.6 Å². The summed E-state index contributed by atoms with van der Waals surface area (Å²) in [4.78, 5) is 57.0. The molecule has 2 rings (SSSR count). The number of rotatable bonds is 12. The second-order valence-electron chi connectivity index (χ2n) is 14.5. The molecule has 0 fully saturated rings. The highest BCUT2D eigenvalue weighted by Crippen LogP contribution is 2.29.